The number of hydrogen-bond acceptors (Lipinski definition) is 3. The molecule has 19 heavy (non-hydrogen) atoms. The summed E-state index contributed by atoms with van der Waals surface area (Å²) in [6.07, 6.45) is 2.87. The fourth-order valence-corrected chi connectivity index (χ4v) is 1.77. The van der Waals surface area contributed by atoms with Crippen LogP contribution in [0, 0.1) is 0 Å². The minimum atomic E-state index is 0.0223. The minimum Gasteiger partial charge on any atom is -0.400 e. The van der Waals surface area contributed by atoms with Crippen molar-refractivity contribution in [2.45, 2.75) is 33.6 Å². The summed E-state index contributed by atoms with van der Waals surface area (Å²) in [6, 6.07) is 5.25. The van der Waals surface area contributed by atoms with Crippen molar-refractivity contribution in [1.82, 2.24) is 0 Å². The van der Waals surface area contributed by atoms with Gasteiger partial charge in [0.2, 0.25) is 0 Å². The van der Waals surface area contributed by atoms with Crippen LogP contribution in [0.3, 0.4) is 0 Å². The molecule has 0 aliphatic rings. The maximum Gasteiger partial charge on any atom is 0.159 e. The van der Waals surface area contributed by atoms with E-state index in [1.807, 2.05) is 32.9 Å². The van der Waals surface area contributed by atoms with E-state index in [1.165, 1.54) is 12.5 Å². The Morgan fingerprint density at radius 2 is 1.84 bits per heavy atom. The van der Waals surface area contributed by atoms with Gasteiger partial charge in [-0.05, 0) is 32.4 Å². The number of ketones is 1. The largest absolute Gasteiger partial charge is 0.400 e. The maximum absolute atomic E-state index is 11.4. The lowest BCUT2D eigenvalue weighted by molar-refractivity contribution is 0.101. The van der Waals surface area contributed by atoms with Gasteiger partial charge in [0.15, 0.2) is 5.78 Å². The Balaban J connectivity index is 0.00000154. The van der Waals surface area contributed by atoms with Crippen molar-refractivity contribution < 1.29 is 14.7 Å². The van der Waals surface area contributed by atoms with E-state index < -0.39 is 0 Å². The third-order valence-electron chi connectivity index (χ3n) is 3.23. The van der Waals surface area contributed by atoms with Crippen LogP contribution in [0.25, 0.3) is 0 Å². The Morgan fingerprint density at radius 3 is 2.26 bits per heavy atom. The smallest absolute Gasteiger partial charge is 0.159 e. The molecule has 0 saturated carbocycles. The van der Waals surface area contributed by atoms with Crippen molar-refractivity contribution in [3.05, 3.63) is 46.5 Å². The highest BCUT2D eigenvalue weighted by molar-refractivity contribution is 5.95. The molecule has 0 fully saturated rings. The van der Waals surface area contributed by atoms with Gasteiger partial charge in [-0.25, -0.2) is 0 Å². The van der Waals surface area contributed by atoms with Crippen molar-refractivity contribution in [3.8, 4) is 0 Å². The second-order valence-corrected chi connectivity index (χ2v) is 4.27. The van der Waals surface area contributed by atoms with Crippen molar-refractivity contribution in [3.63, 3.8) is 0 Å². The molecule has 1 atom stereocenters. The lowest BCUT2D eigenvalue weighted by atomic mass is 9.88. The molecule has 1 unspecified atom stereocenters. The van der Waals surface area contributed by atoms with Gasteiger partial charge in [0.05, 0.1) is 0 Å². The number of aldehydes is 1. The summed E-state index contributed by atoms with van der Waals surface area (Å²) in [5.74, 6) is 0.175. The van der Waals surface area contributed by atoms with E-state index >= 15 is 0 Å². The fourth-order valence-electron chi connectivity index (χ4n) is 1.77. The molecule has 0 amide bonds. The average Bonchev–Trinajstić information content (AvgIpc) is 2.46. The monoisotopic (exact) mass is 262 g/mol. The molecule has 0 aliphatic carbocycles. The van der Waals surface area contributed by atoms with Crippen LogP contribution < -0.4 is 0 Å². The third-order valence-corrected chi connectivity index (χ3v) is 3.23. The molecule has 0 saturated heterocycles. The summed E-state index contributed by atoms with van der Waals surface area (Å²) in [6.45, 7) is 7.58. The van der Waals surface area contributed by atoms with Gasteiger partial charge in [-0.2, -0.15) is 0 Å². The zero-order valence-electron chi connectivity index (χ0n) is 12.2. The van der Waals surface area contributed by atoms with Crippen LogP contribution >= 0.6 is 0 Å². The predicted molar refractivity (Wildman–Crippen MR) is 77.8 cm³/mol. The zero-order valence-corrected chi connectivity index (χ0v) is 12.2. The molecule has 1 rings (SSSR count). The highest BCUT2D eigenvalue weighted by Gasteiger charge is 2.13. The summed E-state index contributed by atoms with van der Waals surface area (Å²) in [5.41, 5.74) is 3.42. The molecule has 1 N–H and O–H groups in total. The van der Waals surface area contributed by atoms with Gasteiger partial charge in [-0.15, -0.1) is 0 Å². The molecule has 0 bridgehead atoms. The maximum atomic E-state index is 11.4. The first kappa shape index (κ1) is 17.3. The van der Waals surface area contributed by atoms with Crippen molar-refractivity contribution in [2.24, 2.45) is 0 Å². The Morgan fingerprint density at radius 1 is 1.26 bits per heavy atom. The van der Waals surface area contributed by atoms with E-state index in [2.05, 4.69) is 0 Å². The van der Waals surface area contributed by atoms with Crippen LogP contribution in [0.4, 0.5) is 0 Å². The number of carbonyl (C=O) groups is 2. The number of hydrogen-bond donors (Lipinski definition) is 1. The van der Waals surface area contributed by atoms with Gasteiger partial charge in [0.1, 0.15) is 6.29 Å². The first-order valence-electron chi connectivity index (χ1n) is 6.18. The molecule has 0 aliphatic heterocycles. The number of benzene rings is 1. The molecule has 1 aromatic rings. The van der Waals surface area contributed by atoms with Gasteiger partial charge in [0, 0.05) is 24.2 Å². The van der Waals surface area contributed by atoms with Crippen molar-refractivity contribution >= 4 is 12.1 Å². The van der Waals surface area contributed by atoms with Crippen LogP contribution in [0.15, 0.2) is 29.8 Å². The molecule has 3 heteroatoms. The number of aliphatic hydroxyl groups is 1. The summed E-state index contributed by atoms with van der Waals surface area (Å²) in [4.78, 5) is 22.4. The van der Waals surface area contributed by atoms with E-state index in [9.17, 15) is 9.59 Å². The van der Waals surface area contributed by atoms with Crippen LogP contribution in [0.5, 0.6) is 0 Å². The molecule has 0 heterocycles. The van der Waals surface area contributed by atoms with Gasteiger partial charge < -0.3 is 5.11 Å². The van der Waals surface area contributed by atoms with Crippen molar-refractivity contribution in [1.29, 1.82) is 0 Å². The van der Waals surface area contributed by atoms with Gasteiger partial charge >= 0.3 is 0 Å². The summed E-state index contributed by atoms with van der Waals surface area (Å²) < 4.78 is 0. The standard InChI is InChI=1S/C15H18O2.CH4O/c1-5-10(2)11(3)15-8-13(12(4)17)6-7-14(15)9-16;1-2/h5-9,11H,1-4H3;2H,1H3/b10-5+;. The highest BCUT2D eigenvalue weighted by Crippen LogP contribution is 2.27. The van der Waals surface area contributed by atoms with Crippen molar-refractivity contribution in [2.75, 3.05) is 7.11 Å². The van der Waals surface area contributed by atoms with Gasteiger partial charge in [-0.1, -0.05) is 30.7 Å². The zero-order chi connectivity index (χ0) is 15.0. The Bertz CT molecular complexity index is 473. The average molecular weight is 262 g/mol. The highest BCUT2D eigenvalue weighted by atomic mass is 16.2. The Hall–Kier alpha value is -1.74. The van der Waals surface area contributed by atoms with E-state index in [-0.39, 0.29) is 11.7 Å². The fraction of sp³-hybridized carbons (Fsp3) is 0.375. The quantitative estimate of drug-likeness (QED) is 0.514. The summed E-state index contributed by atoms with van der Waals surface area (Å²) in [7, 11) is 1.00. The van der Waals surface area contributed by atoms with E-state index in [1.54, 1.807) is 12.1 Å². The predicted octanol–water partition coefficient (Wildman–Crippen LogP) is 3.38. The SMILES string of the molecule is C/C=C(\C)C(C)c1cc(C(C)=O)ccc1C=O.CO. The Labute approximate surface area is 115 Å². The second kappa shape index (κ2) is 8.38. The first-order chi connectivity index (χ1) is 9.01. The lowest BCUT2D eigenvalue weighted by Gasteiger charge is -2.15. The van der Waals surface area contributed by atoms with Crippen LogP contribution in [-0.2, 0) is 0 Å². The molecule has 0 radical (unpaired) electrons. The van der Waals surface area contributed by atoms with Gasteiger partial charge in [0.25, 0.3) is 0 Å². The number of carbonyl (C=O) groups excluding carboxylic acids is 2. The number of rotatable bonds is 4. The molecule has 3 nitrogen and oxygen atoms in total. The van der Waals surface area contributed by atoms with Gasteiger partial charge in [-0.3, -0.25) is 9.59 Å². The second-order valence-electron chi connectivity index (χ2n) is 4.27. The number of aliphatic hydroxyl groups excluding tert-OH is 1. The minimum absolute atomic E-state index is 0.0223. The summed E-state index contributed by atoms with van der Waals surface area (Å²) >= 11 is 0. The van der Waals surface area contributed by atoms with Crippen LogP contribution in [-0.4, -0.2) is 24.3 Å². The topological polar surface area (TPSA) is 54.4 Å². The van der Waals surface area contributed by atoms with Crippen LogP contribution in [0.1, 0.15) is 59.9 Å². The third kappa shape index (κ3) is 4.45. The first-order valence-corrected chi connectivity index (χ1v) is 6.18. The normalized spacial score (nSPS) is 12.2. The molecule has 104 valence electrons. The van der Waals surface area contributed by atoms with E-state index in [0.29, 0.717) is 11.1 Å². The van der Waals surface area contributed by atoms with Crippen LogP contribution in [0.2, 0.25) is 0 Å². The lowest BCUT2D eigenvalue weighted by Crippen LogP contribution is -2.03. The van der Waals surface area contributed by atoms with E-state index in [0.717, 1.165) is 19.0 Å². The van der Waals surface area contributed by atoms with E-state index in [4.69, 9.17) is 5.11 Å². The number of allylic oxidation sites excluding steroid dienone is 2. The molecular weight excluding hydrogens is 240 g/mol. The Kier molecular flexibility index (Phi) is 7.61. The molecular formula is C16H22O3. The molecule has 0 aromatic heterocycles. The molecule has 1 aromatic carbocycles. The summed E-state index contributed by atoms with van der Waals surface area (Å²) in [5, 5.41) is 7.00. The molecule has 0 spiro atoms. The number of Topliss-reactive ketones (excluding diaryl/α,β-unsaturated/α-hetero) is 1.